The molecule has 0 unspecified atom stereocenters. The summed E-state index contributed by atoms with van der Waals surface area (Å²) < 4.78 is 2.32. The standard InChI is InChI=1S/C11H19N3/c1-7(2)10-12-13-11(9-5-6-9)14(10)8(3)4/h7-9H,5-6H2,1-4H3. The van der Waals surface area contributed by atoms with Crippen molar-refractivity contribution in [2.45, 2.75) is 58.4 Å². The molecule has 78 valence electrons. The van der Waals surface area contributed by atoms with E-state index in [2.05, 4.69) is 42.5 Å². The zero-order chi connectivity index (χ0) is 10.3. The molecule has 0 atom stereocenters. The van der Waals surface area contributed by atoms with E-state index in [-0.39, 0.29) is 0 Å². The first-order chi connectivity index (χ1) is 6.61. The summed E-state index contributed by atoms with van der Waals surface area (Å²) in [4.78, 5) is 0. The highest BCUT2D eigenvalue weighted by Gasteiger charge is 2.31. The van der Waals surface area contributed by atoms with Gasteiger partial charge >= 0.3 is 0 Å². The van der Waals surface area contributed by atoms with Crippen molar-refractivity contribution in [2.75, 3.05) is 0 Å². The Kier molecular flexibility index (Phi) is 2.33. The molecule has 1 aromatic heterocycles. The highest BCUT2D eigenvalue weighted by Crippen LogP contribution is 2.40. The van der Waals surface area contributed by atoms with E-state index in [0.717, 1.165) is 5.82 Å². The molecular formula is C11H19N3. The lowest BCUT2D eigenvalue weighted by Crippen LogP contribution is -2.10. The Morgan fingerprint density at radius 2 is 1.79 bits per heavy atom. The van der Waals surface area contributed by atoms with Gasteiger partial charge in [0, 0.05) is 17.9 Å². The van der Waals surface area contributed by atoms with Crippen LogP contribution in [0.15, 0.2) is 0 Å². The van der Waals surface area contributed by atoms with E-state index in [1.165, 1.54) is 18.7 Å². The Morgan fingerprint density at radius 1 is 1.14 bits per heavy atom. The number of aromatic nitrogens is 3. The second kappa shape index (κ2) is 3.37. The Hall–Kier alpha value is -0.860. The lowest BCUT2D eigenvalue weighted by Gasteiger charge is -2.15. The molecule has 1 aliphatic rings. The first-order valence-corrected chi connectivity index (χ1v) is 5.56. The van der Waals surface area contributed by atoms with E-state index in [1.54, 1.807) is 0 Å². The number of rotatable bonds is 3. The maximum absolute atomic E-state index is 4.33. The topological polar surface area (TPSA) is 30.7 Å². The molecule has 0 aliphatic heterocycles. The zero-order valence-electron chi connectivity index (χ0n) is 9.49. The van der Waals surface area contributed by atoms with E-state index in [1.807, 2.05) is 0 Å². The van der Waals surface area contributed by atoms with Gasteiger partial charge < -0.3 is 4.57 Å². The summed E-state index contributed by atoms with van der Waals surface area (Å²) in [5.41, 5.74) is 0. The van der Waals surface area contributed by atoms with Gasteiger partial charge in [-0.2, -0.15) is 0 Å². The van der Waals surface area contributed by atoms with Crippen LogP contribution in [-0.2, 0) is 0 Å². The molecule has 0 aromatic carbocycles. The van der Waals surface area contributed by atoms with Gasteiger partial charge in [-0.25, -0.2) is 0 Å². The molecule has 0 spiro atoms. The van der Waals surface area contributed by atoms with Crippen molar-refractivity contribution >= 4 is 0 Å². The van der Waals surface area contributed by atoms with Crippen LogP contribution in [0.5, 0.6) is 0 Å². The second-order valence-electron chi connectivity index (χ2n) is 4.81. The average molecular weight is 193 g/mol. The predicted octanol–water partition coefficient (Wildman–Crippen LogP) is 2.86. The minimum atomic E-state index is 0.470. The lowest BCUT2D eigenvalue weighted by molar-refractivity contribution is 0.528. The van der Waals surface area contributed by atoms with Crippen molar-refractivity contribution in [3.05, 3.63) is 11.6 Å². The molecule has 1 aliphatic carbocycles. The number of nitrogens with zero attached hydrogens (tertiary/aromatic N) is 3. The molecule has 3 heteroatoms. The fraction of sp³-hybridized carbons (Fsp3) is 0.818. The van der Waals surface area contributed by atoms with E-state index in [4.69, 9.17) is 0 Å². The SMILES string of the molecule is CC(C)c1nnc(C2CC2)n1C(C)C. The van der Waals surface area contributed by atoms with Crippen molar-refractivity contribution in [3.63, 3.8) is 0 Å². The van der Waals surface area contributed by atoms with Gasteiger partial charge in [-0.15, -0.1) is 10.2 Å². The third-order valence-corrected chi connectivity index (χ3v) is 2.72. The minimum Gasteiger partial charge on any atom is -0.312 e. The highest BCUT2D eigenvalue weighted by molar-refractivity contribution is 5.11. The predicted molar refractivity (Wildman–Crippen MR) is 56.5 cm³/mol. The molecule has 1 heterocycles. The van der Waals surface area contributed by atoms with Gasteiger partial charge in [-0.3, -0.25) is 0 Å². The summed E-state index contributed by atoms with van der Waals surface area (Å²) in [7, 11) is 0. The largest absolute Gasteiger partial charge is 0.312 e. The molecular weight excluding hydrogens is 174 g/mol. The van der Waals surface area contributed by atoms with Gasteiger partial charge in [0.1, 0.15) is 11.6 Å². The average Bonchev–Trinajstić information content (AvgIpc) is 2.83. The van der Waals surface area contributed by atoms with Crippen molar-refractivity contribution in [1.82, 2.24) is 14.8 Å². The highest BCUT2D eigenvalue weighted by atomic mass is 15.3. The molecule has 0 radical (unpaired) electrons. The third kappa shape index (κ3) is 1.56. The van der Waals surface area contributed by atoms with Crippen LogP contribution in [0, 0.1) is 0 Å². The second-order valence-corrected chi connectivity index (χ2v) is 4.81. The summed E-state index contributed by atoms with van der Waals surface area (Å²) in [5.74, 6) is 3.51. The molecule has 0 bridgehead atoms. The van der Waals surface area contributed by atoms with Crippen molar-refractivity contribution < 1.29 is 0 Å². The molecule has 1 saturated carbocycles. The number of hydrogen-bond donors (Lipinski definition) is 0. The summed E-state index contributed by atoms with van der Waals surface area (Å²) >= 11 is 0. The molecule has 14 heavy (non-hydrogen) atoms. The fourth-order valence-electron chi connectivity index (χ4n) is 1.86. The van der Waals surface area contributed by atoms with Gasteiger partial charge in [-0.1, -0.05) is 13.8 Å². The van der Waals surface area contributed by atoms with Crippen LogP contribution in [0.25, 0.3) is 0 Å². The summed E-state index contributed by atoms with van der Waals surface area (Å²) in [6.45, 7) is 8.78. The molecule has 1 fully saturated rings. The summed E-state index contributed by atoms with van der Waals surface area (Å²) in [6, 6.07) is 0.484. The Morgan fingerprint density at radius 3 is 2.21 bits per heavy atom. The van der Waals surface area contributed by atoms with Gasteiger partial charge in [0.15, 0.2) is 0 Å². The van der Waals surface area contributed by atoms with Crippen LogP contribution in [0.4, 0.5) is 0 Å². The first-order valence-electron chi connectivity index (χ1n) is 5.56. The third-order valence-electron chi connectivity index (χ3n) is 2.72. The van der Waals surface area contributed by atoms with Crippen LogP contribution < -0.4 is 0 Å². The minimum absolute atomic E-state index is 0.470. The van der Waals surface area contributed by atoms with E-state index in [0.29, 0.717) is 17.9 Å². The van der Waals surface area contributed by atoms with Crippen LogP contribution in [-0.4, -0.2) is 14.8 Å². The van der Waals surface area contributed by atoms with Gasteiger partial charge in [-0.05, 0) is 26.7 Å². The van der Waals surface area contributed by atoms with Crippen LogP contribution in [0.1, 0.15) is 70.1 Å². The molecule has 0 saturated heterocycles. The van der Waals surface area contributed by atoms with Crippen molar-refractivity contribution in [2.24, 2.45) is 0 Å². The van der Waals surface area contributed by atoms with E-state index < -0.39 is 0 Å². The quantitative estimate of drug-likeness (QED) is 0.739. The monoisotopic (exact) mass is 193 g/mol. The normalized spacial score (nSPS) is 17.0. The zero-order valence-corrected chi connectivity index (χ0v) is 9.49. The van der Waals surface area contributed by atoms with E-state index >= 15 is 0 Å². The smallest absolute Gasteiger partial charge is 0.136 e. The fourth-order valence-corrected chi connectivity index (χ4v) is 1.86. The number of hydrogen-bond acceptors (Lipinski definition) is 2. The Labute approximate surface area is 85.5 Å². The van der Waals surface area contributed by atoms with Crippen molar-refractivity contribution in [3.8, 4) is 0 Å². The van der Waals surface area contributed by atoms with Crippen LogP contribution in [0.2, 0.25) is 0 Å². The lowest BCUT2D eigenvalue weighted by atomic mass is 10.2. The Bertz CT molecular complexity index is 302. The first kappa shape index (κ1) is 9.69. The van der Waals surface area contributed by atoms with Gasteiger partial charge in [0.2, 0.25) is 0 Å². The van der Waals surface area contributed by atoms with Crippen molar-refractivity contribution in [1.29, 1.82) is 0 Å². The van der Waals surface area contributed by atoms with Crippen LogP contribution in [0.3, 0.4) is 0 Å². The summed E-state index contributed by atoms with van der Waals surface area (Å²) in [5, 5.41) is 8.64. The maximum atomic E-state index is 4.33. The molecule has 0 N–H and O–H groups in total. The summed E-state index contributed by atoms with van der Waals surface area (Å²) in [6.07, 6.45) is 2.59. The van der Waals surface area contributed by atoms with E-state index in [9.17, 15) is 0 Å². The maximum Gasteiger partial charge on any atom is 0.136 e. The van der Waals surface area contributed by atoms with Gasteiger partial charge in [0.25, 0.3) is 0 Å². The molecule has 0 amide bonds. The molecule has 3 nitrogen and oxygen atoms in total. The Balaban J connectivity index is 2.41. The molecule has 2 rings (SSSR count). The van der Waals surface area contributed by atoms with Crippen LogP contribution >= 0.6 is 0 Å². The van der Waals surface area contributed by atoms with Gasteiger partial charge in [0.05, 0.1) is 0 Å². The molecule has 1 aromatic rings.